The van der Waals surface area contributed by atoms with Crippen LogP contribution in [0.2, 0.25) is 0 Å². The van der Waals surface area contributed by atoms with Crippen LogP contribution in [0.25, 0.3) is 0 Å². The largest absolute Gasteiger partial charge is 0.481 e. The molecule has 1 aliphatic carbocycles. The van der Waals surface area contributed by atoms with E-state index < -0.39 is 11.4 Å². The zero-order chi connectivity index (χ0) is 14.0. The molecule has 1 atom stereocenters. The standard InChI is InChI=1S/C14H25NO3/c1-10(13(2,3)4)8-11(16)15-9-14(12(17)18)6-5-7-14/h10H,5-9H2,1-4H3,(H,15,16)(H,17,18). The highest BCUT2D eigenvalue weighted by molar-refractivity contribution is 5.79. The van der Waals surface area contributed by atoms with Gasteiger partial charge in [-0.1, -0.05) is 34.1 Å². The lowest BCUT2D eigenvalue weighted by molar-refractivity contribution is -0.154. The van der Waals surface area contributed by atoms with E-state index in [1.165, 1.54) is 0 Å². The van der Waals surface area contributed by atoms with Crippen molar-refractivity contribution >= 4 is 11.9 Å². The first-order valence-corrected chi connectivity index (χ1v) is 6.67. The first-order chi connectivity index (χ1) is 8.17. The van der Waals surface area contributed by atoms with Crippen molar-refractivity contribution in [3.05, 3.63) is 0 Å². The zero-order valence-electron chi connectivity index (χ0n) is 11.9. The summed E-state index contributed by atoms with van der Waals surface area (Å²) in [5.41, 5.74) is -0.598. The fourth-order valence-electron chi connectivity index (χ4n) is 1.99. The molecule has 0 aromatic heterocycles. The van der Waals surface area contributed by atoms with Crippen molar-refractivity contribution in [2.24, 2.45) is 16.7 Å². The molecule has 1 fully saturated rings. The van der Waals surface area contributed by atoms with Crippen LogP contribution in [0.1, 0.15) is 53.4 Å². The average molecular weight is 255 g/mol. The number of amides is 1. The van der Waals surface area contributed by atoms with Gasteiger partial charge in [0.25, 0.3) is 0 Å². The number of carbonyl (C=O) groups excluding carboxylic acids is 1. The lowest BCUT2D eigenvalue weighted by Crippen LogP contribution is -2.47. The highest BCUT2D eigenvalue weighted by atomic mass is 16.4. The molecule has 0 aromatic carbocycles. The number of carboxylic acids is 1. The van der Waals surface area contributed by atoms with Gasteiger partial charge < -0.3 is 10.4 Å². The van der Waals surface area contributed by atoms with E-state index in [1.807, 2.05) is 0 Å². The van der Waals surface area contributed by atoms with Gasteiger partial charge in [0.2, 0.25) is 5.91 Å². The third-order valence-electron chi connectivity index (χ3n) is 4.36. The van der Waals surface area contributed by atoms with Crippen LogP contribution in [-0.2, 0) is 9.59 Å². The van der Waals surface area contributed by atoms with Gasteiger partial charge in [0, 0.05) is 13.0 Å². The summed E-state index contributed by atoms with van der Waals surface area (Å²) in [5, 5.41) is 11.9. The predicted molar refractivity (Wildman–Crippen MR) is 70.2 cm³/mol. The Morgan fingerprint density at radius 2 is 1.89 bits per heavy atom. The molecule has 18 heavy (non-hydrogen) atoms. The number of aliphatic carboxylic acids is 1. The Hall–Kier alpha value is -1.06. The van der Waals surface area contributed by atoms with E-state index in [2.05, 4.69) is 33.0 Å². The Balaban J connectivity index is 2.40. The van der Waals surface area contributed by atoms with E-state index in [0.29, 0.717) is 19.3 Å². The van der Waals surface area contributed by atoms with E-state index in [4.69, 9.17) is 5.11 Å². The van der Waals surface area contributed by atoms with Crippen LogP contribution in [0.4, 0.5) is 0 Å². The van der Waals surface area contributed by atoms with Crippen molar-refractivity contribution in [2.45, 2.75) is 53.4 Å². The molecule has 0 spiro atoms. The molecule has 104 valence electrons. The molecule has 0 aromatic rings. The maximum atomic E-state index is 11.8. The van der Waals surface area contributed by atoms with Gasteiger partial charge in [-0.15, -0.1) is 0 Å². The van der Waals surface area contributed by atoms with Crippen molar-refractivity contribution in [1.82, 2.24) is 5.32 Å². The van der Waals surface area contributed by atoms with Crippen LogP contribution >= 0.6 is 0 Å². The van der Waals surface area contributed by atoms with Gasteiger partial charge in [0.1, 0.15) is 0 Å². The summed E-state index contributed by atoms with van der Waals surface area (Å²) in [6.45, 7) is 8.65. The molecular weight excluding hydrogens is 230 g/mol. The first kappa shape index (κ1) is 15.0. The summed E-state index contributed by atoms with van der Waals surface area (Å²) >= 11 is 0. The van der Waals surface area contributed by atoms with Gasteiger partial charge in [-0.25, -0.2) is 0 Å². The minimum atomic E-state index is -0.780. The highest BCUT2D eigenvalue weighted by Gasteiger charge is 2.44. The predicted octanol–water partition coefficient (Wildman–Crippen LogP) is 2.43. The molecule has 0 radical (unpaired) electrons. The summed E-state index contributed by atoms with van der Waals surface area (Å²) in [4.78, 5) is 23.0. The zero-order valence-corrected chi connectivity index (χ0v) is 11.9. The molecule has 0 heterocycles. The van der Waals surface area contributed by atoms with Crippen molar-refractivity contribution in [3.63, 3.8) is 0 Å². The van der Waals surface area contributed by atoms with E-state index in [-0.39, 0.29) is 23.8 Å². The Morgan fingerprint density at radius 3 is 2.22 bits per heavy atom. The van der Waals surface area contributed by atoms with Crippen LogP contribution in [0.5, 0.6) is 0 Å². The molecule has 4 heteroatoms. The summed E-state index contributed by atoms with van der Waals surface area (Å²) in [6, 6.07) is 0. The SMILES string of the molecule is CC(CC(=O)NCC1(C(=O)O)CCC1)C(C)(C)C. The Kier molecular flexibility index (Phi) is 4.41. The summed E-state index contributed by atoms with van der Waals surface area (Å²) < 4.78 is 0. The van der Waals surface area contributed by atoms with Crippen LogP contribution in [-0.4, -0.2) is 23.5 Å². The van der Waals surface area contributed by atoms with E-state index in [1.54, 1.807) is 0 Å². The minimum absolute atomic E-state index is 0.0371. The summed E-state index contributed by atoms with van der Waals surface area (Å²) in [6.07, 6.45) is 2.76. The van der Waals surface area contributed by atoms with Gasteiger partial charge in [-0.05, 0) is 24.2 Å². The van der Waals surface area contributed by atoms with Gasteiger partial charge in [0.05, 0.1) is 5.41 Å². The van der Waals surface area contributed by atoms with Crippen molar-refractivity contribution in [1.29, 1.82) is 0 Å². The van der Waals surface area contributed by atoms with E-state index >= 15 is 0 Å². The maximum absolute atomic E-state index is 11.8. The van der Waals surface area contributed by atoms with Crippen LogP contribution in [0.3, 0.4) is 0 Å². The fourth-order valence-corrected chi connectivity index (χ4v) is 1.99. The minimum Gasteiger partial charge on any atom is -0.481 e. The molecule has 0 bridgehead atoms. The summed E-state index contributed by atoms with van der Waals surface area (Å²) in [5.74, 6) is -0.539. The number of hydrogen-bond donors (Lipinski definition) is 2. The first-order valence-electron chi connectivity index (χ1n) is 6.67. The van der Waals surface area contributed by atoms with Crippen molar-refractivity contribution < 1.29 is 14.7 Å². The van der Waals surface area contributed by atoms with Crippen LogP contribution < -0.4 is 5.32 Å². The second-order valence-electron chi connectivity index (χ2n) is 6.69. The quantitative estimate of drug-likeness (QED) is 0.793. The molecule has 2 N–H and O–H groups in total. The molecule has 1 unspecified atom stereocenters. The molecule has 4 nitrogen and oxygen atoms in total. The molecule has 0 saturated heterocycles. The fraction of sp³-hybridized carbons (Fsp3) is 0.857. The average Bonchev–Trinajstić information content (AvgIpc) is 2.13. The molecule has 1 saturated carbocycles. The number of hydrogen-bond acceptors (Lipinski definition) is 2. The number of carbonyl (C=O) groups is 2. The third-order valence-corrected chi connectivity index (χ3v) is 4.36. The molecule has 0 aliphatic heterocycles. The molecular formula is C14H25NO3. The topological polar surface area (TPSA) is 66.4 Å². The number of rotatable bonds is 5. The van der Waals surface area contributed by atoms with E-state index in [9.17, 15) is 9.59 Å². The molecule has 1 aliphatic rings. The lowest BCUT2D eigenvalue weighted by Gasteiger charge is -2.37. The van der Waals surface area contributed by atoms with E-state index in [0.717, 1.165) is 6.42 Å². The van der Waals surface area contributed by atoms with Gasteiger partial charge in [-0.2, -0.15) is 0 Å². The summed E-state index contributed by atoms with van der Waals surface area (Å²) in [7, 11) is 0. The Labute approximate surface area is 109 Å². The van der Waals surface area contributed by atoms with Crippen molar-refractivity contribution in [3.8, 4) is 0 Å². The van der Waals surface area contributed by atoms with Crippen LogP contribution in [0, 0.1) is 16.7 Å². The van der Waals surface area contributed by atoms with Crippen LogP contribution in [0.15, 0.2) is 0 Å². The molecule has 1 amide bonds. The second-order valence-corrected chi connectivity index (χ2v) is 6.69. The highest BCUT2D eigenvalue weighted by Crippen LogP contribution is 2.40. The molecule has 1 rings (SSSR count). The van der Waals surface area contributed by atoms with Crippen molar-refractivity contribution in [2.75, 3.05) is 6.54 Å². The number of nitrogens with one attached hydrogen (secondary N) is 1. The smallest absolute Gasteiger partial charge is 0.311 e. The maximum Gasteiger partial charge on any atom is 0.311 e. The van der Waals surface area contributed by atoms with Gasteiger partial charge >= 0.3 is 5.97 Å². The Morgan fingerprint density at radius 1 is 1.33 bits per heavy atom. The number of carboxylic acid groups (broad SMARTS) is 1. The second kappa shape index (κ2) is 5.29. The monoisotopic (exact) mass is 255 g/mol. The lowest BCUT2D eigenvalue weighted by atomic mass is 9.68. The Bertz CT molecular complexity index is 326. The third kappa shape index (κ3) is 3.47. The van der Waals surface area contributed by atoms with Gasteiger partial charge in [0.15, 0.2) is 0 Å². The normalized spacial score (nSPS) is 19.8. The van der Waals surface area contributed by atoms with Gasteiger partial charge in [-0.3, -0.25) is 9.59 Å².